The average molecular weight is 407 g/mol. The highest BCUT2D eigenvalue weighted by atomic mass is 79.9. The Hall–Kier alpha value is -2.06. The van der Waals surface area contributed by atoms with Crippen molar-refractivity contribution in [1.29, 1.82) is 0 Å². The fourth-order valence-corrected chi connectivity index (χ4v) is 3.05. The minimum absolute atomic E-state index is 0.169. The summed E-state index contributed by atoms with van der Waals surface area (Å²) >= 11 is 4.76. The van der Waals surface area contributed by atoms with E-state index in [1.807, 2.05) is 31.2 Å². The van der Waals surface area contributed by atoms with Gasteiger partial charge in [0.05, 0.1) is 22.8 Å². The fourth-order valence-electron chi connectivity index (χ4n) is 2.01. The van der Waals surface area contributed by atoms with Crippen LogP contribution < -0.4 is 5.32 Å². The molecule has 3 rings (SSSR count). The highest BCUT2D eigenvalue weighted by Gasteiger charge is 2.18. The van der Waals surface area contributed by atoms with Crippen molar-refractivity contribution < 1.29 is 9.32 Å². The lowest BCUT2D eigenvalue weighted by molar-refractivity contribution is -0.115. The molecule has 124 valence electrons. The smallest absolute Gasteiger partial charge is 0.240 e. The van der Waals surface area contributed by atoms with Crippen LogP contribution in [0, 0.1) is 6.92 Å². The van der Waals surface area contributed by atoms with Gasteiger partial charge in [0.15, 0.2) is 5.16 Å². The first-order valence-electron chi connectivity index (χ1n) is 7.23. The Morgan fingerprint density at radius 2 is 2.12 bits per heavy atom. The van der Waals surface area contributed by atoms with Crippen molar-refractivity contribution in [2.45, 2.75) is 24.3 Å². The average Bonchev–Trinajstić information content (AvgIpc) is 3.17. The van der Waals surface area contributed by atoms with Gasteiger partial charge < -0.3 is 9.51 Å². The Bertz CT molecular complexity index is 844. The van der Waals surface area contributed by atoms with E-state index in [2.05, 4.69) is 36.4 Å². The van der Waals surface area contributed by atoms with Gasteiger partial charge in [0.1, 0.15) is 0 Å². The molecule has 0 aliphatic heterocycles. The molecular formula is C16H15BrN4O2S. The van der Waals surface area contributed by atoms with Gasteiger partial charge in [0.2, 0.25) is 11.8 Å². The molecule has 0 aliphatic rings. The zero-order valence-electron chi connectivity index (χ0n) is 13.0. The van der Waals surface area contributed by atoms with E-state index in [9.17, 15) is 4.79 Å². The highest BCUT2D eigenvalue weighted by Crippen LogP contribution is 2.26. The SMILES string of the molecule is Cc1cc(NC(=O)C(C)Sc2ncc(-c3ccc(Br)cc3)[nH]2)on1. The first kappa shape index (κ1) is 16.8. The number of hydrogen-bond acceptors (Lipinski definition) is 5. The number of imidazole rings is 1. The standard InChI is InChI=1S/C16H15BrN4O2S/c1-9-7-14(23-21-9)20-15(22)10(2)24-16-18-8-13(19-16)11-3-5-12(17)6-4-11/h3-8,10H,1-2H3,(H,18,19)(H,20,22). The number of thioether (sulfide) groups is 1. The molecule has 3 aromatic rings. The topological polar surface area (TPSA) is 83.8 Å². The summed E-state index contributed by atoms with van der Waals surface area (Å²) in [6.45, 7) is 3.61. The number of nitrogens with zero attached hydrogens (tertiary/aromatic N) is 2. The van der Waals surface area contributed by atoms with Crippen molar-refractivity contribution in [2.24, 2.45) is 0 Å². The van der Waals surface area contributed by atoms with Crippen LogP contribution >= 0.6 is 27.7 Å². The second-order valence-corrected chi connectivity index (χ2v) is 7.44. The number of aryl methyl sites for hydroxylation is 1. The maximum atomic E-state index is 12.2. The fraction of sp³-hybridized carbons (Fsp3) is 0.188. The molecule has 1 atom stereocenters. The largest absolute Gasteiger partial charge is 0.338 e. The molecule has 6 nitrogen and oxygen atoms in total. The van der Waals surface area contributed by atoms with Gasteiger partial charge in [-0.05, 0) is 31.5 Å². The normalized spacial score (nSPS) is 12.1. The van der Waals surface area contributed by atoms with Crippen molar-refractivity contribution in [3.63, 3.8) is 0 Å². The van der Waals surface area contributed by atoms with Gasteiger partial charge in [-0.15, -0.1) is 0 Å². The summed E-state index contributed by atoms with van der Waals surface area (Å²) in [7, 11) is 0. The Morgan fingerprint density at radius 1 is 1.38 bits per heavy atom. The van der Waals surface area contributed by atoms with E-state index in [1.165, 1.54) is 11.8 Å². The lowest BCUT2D eigenvalue weighted by Gasteiger charge is -2.08. The molecule has 0 spiro atoms. The van der Waals surface area contributed by atoms with E-state index in [4.69, 9.17) is 4.52 Å². The van der Waals surface area contributed by atoms with Crippen LogP contribution in [0.5, 0.6) is 0 Å². The van der Waals surface area contributed by atoms with Crippen molar-refractivity contribution >= 4 is 39.5 Å². The zero-order chi connectivity index (χ0) is 17.1. The van der Waals surface area contributed by atoms with Crippen LogP contribution in [0.3, 0.4) is 0 Å². The monoisotopic (exact) mass is 406 g/mol. The first-order chi connectivity index (χ1) is 11.5. The number of benzene rings is 1. The third-order valence-corrected chi connectivity index (χ3v) is 4.77. The molecule has 8 heteroatoms. The van der Waals surface area contributed by atoms with Crippen LogP contribution in [0.1, 0.15) is 12.6 Å². The number of rotatable bonds is 5. The van der Waals surface area contributed by atoms with Crippen LogP contribution in [-0.2, 0) is 4.79 Å². The lowest BCUT2D eigenvalue weighted by atomic mass is 10.2. The molecule has 1 amide bonds. The molecule has 2 N–H and O–H groups in total. The Labute approximate surface area is 151 Å². The Morgan fingerprint density at radius 3 is 2.79 bits per heavy atom. The highest BCUT2D eigenvalue weighted by molar-refractivity contribution is 9.10. The number of H-pyrrole nitrogens is 1. The quantitative estimate of drug-likeness (QED) is 0.618. The predicted octanol–water partition coefficient (Wildman–Crippen LogP) is 4.25. The molecule has 0 saturated carbocycles. The molecule has 24 heavy (non-hydrogen) atoms. The number of aromatic nitrogens is 3. The maximum absolute atomic E-state index is 12.2. The number of hydrogen-bond donors (Lipinski definition) is 2. The van der Waals surface area contributed by atoms with Crippen LogP contribution in [-0.4, -0.2) is 26.3 Å². The van der Waals surface area contributed by atoms with Gasteiger partial charge in [0.25, 0.3) is 0 Å². The van der Waals surface area contributed by atoms with Crippen LogP contribution in [0.25, 0.3) is 11.3 Å². The summed E-state index contributed by atoms with van der Waals surface area (Å²) in [6.07, 6.45) is 1.76. The van der Waals surface area contributed by atoms with Gasteiger partial charge in [-0.2, -0.15) is 0 Å². The van der Waals surface area contributed by atoms with Gasteiger partial charge in [-0.3, -0.25) is 10.1 Å². The minimum atomic E-state index is -0.334. The van der Waals surface area contributed by atoms with Crippen molar-refractivity contribution in [1.82, 2.24) is 15.1 Å². The van der Waals surface area contributed by atoms with Crippen LogP contribution in [0.15, 0.2) is 50.7 Å². The Balaban J connectivity index is 1.63. The second-order valence-electron chi connectivity index (χ2n) is 5.19. The summed E-state index contributed by atoms with van der Waals surface area (Å²) in [5.74, 6) is 0.178. The zero-order valence-corrected chi connectivity index (χ0v) is 15.4. The molecule has 2 heterocycles. The Kier molecular flexibility index (Phi) is 5.06. The third-order valence-electron chi connectivity index (χ3n) is 3.24. The predicted molar refractivity (Wildman–Crippen MR) is 96.9 cm³/mol. The van der Waals surface area contributed by atoms with Crippen molar-refractivity contribution in [3.05, 3.63) is 46.7 Å². The van der Waals surface area contributed by atoms with E-state index in [-0.39, 0.29) is 11.2 Å². The first-order valence-corrected chi connectivity index (χ1v) is 8.90. The second kappa shape index (κ2) is 7.23. The number of anilines is 1. The van der Waals surface area contributed by atoms with Crippen LogP contribution in [0.2, 0.25) is 0 Å². The molecule has 0 bridgehead atoms. The number of amides is 1. The molecule has 1 unspecified atom stereocenters. The molecule has 0 fully saturated rings. The molecule has 0 radical (unpaired) electrons. The maximum Gasteiger partial charge on any atom is 0.240 e. The number of carbonyl (C=O) groups excluding carboxylic acids is 1. The van der Waals surface area contributed by atoms with Crippen molar-refractivity contribution in [2.75, 3.05) is 5.32 Å². The van der Waals surface area contributed by atoms with Crippen LogP contribution in [0.4, 0.5) is 5.88 Å². The lowest BCUT2D eigenvalue weighted by Crippen LogP contribution is -2.22. The molecular weight excluding hydrogens is 392 g/mol. The number of halogens is 1. The molecule has 0 saturated heterocycles. The molecule has 2 aromatic heterocycles. The minimum Gasteiger partial charge on any atom is -0.338 e. The van der Waals surface area contributed by atoms with Gasteiger partial charge in [-0.25, -0.2) is 4.98 Å². The summed E-state index contributed by atoms with van der Waals surface area (Å²) in [6, 6.07) is 9.60. The molecule has 0 aliphatic carbocycles. The van der Waals surface area contributed by atoms with E-state index in [0.717, 1.165) is 21.4 Å². The van der Waals surface area contributed by atoms with Gasteiger partial charge >= 0.3 is 0 Å². The van der Waals surface area contributed by atoms with Crippen molar-refractivity contribution in [3.8, 4) is 11.3 Å². The van der Waals surface area contributed by atoms with E-state index in [0.29, 0.717) is 11.0 Å². The summed E-state index contributed by atoms with van der Waals surface area (Å²) in [5.41, 5.74) is 2.66. The summed E-state index contributed by atoms with van der Waals surface area (Å²) in [5, 5.41) is 6.78. The number of carbonyl (C=O) groups is 1. The number of nitrogens with one attached hydrogen (secondary N) is 2. The summed E-state index contributed by atoms with van der Waals surface area (Å²) in [4.78, 5) is 19.7. The van der Waals surface area contributed by atoms with E-state index >= 15 is 0 Å². The third kappa shape index (κ3) is 4.07. The van der Waals surface area contributed by atoms with Gasteiger partial charge in [-0.1, -0.05) is 45.0 Å². The van der Waals surface area contributed by atoms with E-state index < -0.39 is 0 Å². The number of aromatic amines is 1. The van der Waals surface area contributed by atoms with E-state index in [1.54, 1.807) is 19.2 Å². The summed E-state index contributed by atoms with van der Waals surface area (Å²) < 4.78 is 6.01. The van der Waals surface area contributed by atoms with Gasteiger partial charge in [0, 0.05) is 10.5 Å². The molecule has 1 aromatic carbocycles.